The summed E-state index contributed by atoms with van der Waals surface area (Å²) in [7, 11) is 0. The van der Waals surface area contributed by atoms with Gasteiger partial charge in [0.05, 0.1) is 22.9 Å². The predicted octanol–water partition coefficient (Wildman–Crippen LogP) is 5.59. The van der Waals surface area contributed by atoms with Crippen molar-refractivity contribution in [3.8, 4) is 11.5 Å². The molecule has 0 bridgehead atoms. The van der Waals surface area contributed by atoms with Gasteiger partial charge in [-0.25, -0.2) is 0 Å². The summed E-state index contributed by atoms with van der Waals surface area (Å²) in [6.45, 7) is 2.62. The van der Waals surface area contributed by atoms with Crippen LogP contribution in [0.2, 0.25) is 5.02 Å². The topological polar surface area (TPSA) is 88.7 Å². The molecule has 0 saturated heterocycles. The van der Waals surface area contributed by atoms with Crippen molar-refractivity contribution in [2.75, 3.05) is 35.7 Å². The van der Waals surface area contributed by atoms with Crippen LogP contribution in [0.15, 0.2) is 72.8 Å². The third-order valence-corrected chi connectivity index (χ3v) is 5.01. The Balaban J connectivity index is 1.51. The van der Waals surface area contributed by atoms with E-state index in [0.717, 1.165) is 12.2 Å². The van der Waals surface area contributed by atoms with Gasteiger partial charge in [-0.15, -0.1) is 0 Å². The molecule has 0 radical (unpaired) electrons. The molecule has 3 aromatic rings. The molecule has 2 amide bonds. The van der Waals surface area contributed by atoms with Gasteiger partial charge in [0, 0.05) is 12.1 Å². The van der Waals surface area contributed by atoms with Crippen molar-refractivity contribution in [2.24, 2.45) is 0 Å². The summed E-state index contributed by atoms with van der Waals surface area (Å²) in [4.78, 5) is 24.4. The Morgan fingerprint density at radius 2 is 1.56 bits per heavy atom. The Kier molecular flexibility index (Phi) is 9.61. The molecule has 178 valence electrons. The molecule has 0 heterocycles. The van der Waals surface area contributed by atoms with Crippen LogP contribution in [-0.2, 0) is 9.59 Å². The second-order valence-electron chi connectivity index (χ2n) is 7.40. The molecular formula is C26H28ClN3O4. The molecule has 0 spiro atoms. The number of amides is 2. The van der Waals surface area contributed by atoms with E-state index in [1.165, 1.54) is 0 Å². The molecule has 3 N–H and O–H groups in total. The fourth-order valence-corrected chi connectivity index (χ4v) is 3.27. The van der Waals surface area contributed by atoms with Crippen molar-refractivity contribution >= 4 is 40.5 Å². The number of nitrogens with one attached hydrogen (secondary N) is 3. The maximum atomic E-state index is 12.5. The lowest BCUT2D eigenvalue weighted by molar-refractivity contribution is -0.116. The van der Waals surface area contributed by atoms with Gasteiger partial charge in [0.2, 0.25) is 11.8 Å². The minimum atomic E-state index is -0.270. The largest absolute Gasteiger partial charge is 0.490 e. The first kappa shape index (κ1) is 24.9. The molecule has 0 aromatic heterocycles. The first-order valence-corrected chi connectivity index (χ1v) is 11.5. The molecule has 0 saturated carbocycles. The average molecular weight is 482 g/mol. The van der Waals surface area contributed by atoms with Crippen molar-refractivity contribution in [1.29, 1.82) is 0 Å². The molecule has 0 aliphatic rings. The van der Waals surface area contributed by atoms with Crippen molar-refractivity contribution in [2.45, 2.75) is 19.8 Å². The molecule has 3 aromatic carbocycles. The van der Waals surface area contributed by atoms with Gasteiger partial charge in [0.25, 0.3) is 0 Å². The average Bonchev–Trinajstić information content (AvgIpc) is 2.84. The van der Waals surface area contributed by atoms with Gasteiger partial charge in [0.15, 0.2) is 0 Å². The van der Waals surface area contributed by atoms with Crippen molar-refractivity contribution in [1.82, 2.24) is 0 Å². The molecule has 3 rings (SSSR count). The van der Waals surface area contributed by atoms with Crippen LogP contribution < -0.4 is 25.4 Å². The maximum absolute atomic E-state index is 12.5. The van der Waals surface area contributed by atoms with E-state index in [0.29, 0.717) is 47.5 Å². The number of carbonyl (C=O) groups is 2. The number of hydrogen-bond donors (Lipinski definition) is 3. The van der Waals surface area contributed by atoms with Gasteiger partial charge in [-0.2, -0.15) is 0 Å². The number of anilines is 3. The monoisotopic (exact) mass is 481 g/mol. The highest BCUT2D eigenvalue weighted by atomic mass is 35.5. The van der Waals surface area contributed by atoms with Crippen molar-refractivity contribution in [3.05, 3.63) is 77.8 Å². The SMILES string of the molecule is CCCC(=O)Nc1ccc(Cl)c(NCC(=O)Nc2ccccc2OCCOc2ccccc2)c1. The lowest BCUT2D eigenvalue weighted by Gasteiger charge is -2.14. The second-order valence-corrected chi connectivity index (χ2v) is 7.81. The molecule has 8 heteroatoms. The van der Waals surface area contributed by atoms with Gasteiger partial charge >= 0.3 is 0 Å². The molecule has 0 unspecified atom stereocenters. The minimum absolute atomic E-state index is 0.0163. The summed E-state index contributed by atoms with van der Waals surface area (Å²) < 4.78 is 11.4. The molecule has 34 heavy (non-hydrogen) atoms. The fourth-order valence-electron chi connectivity index (χ4n) is 3.08. The van der Waals surface area contributed by atoms with Crippen molar-refractivity contribution < 1.29 is 19.1 Å². The number of carbonyl (C=O) groups excluding carboxylic acids is 2. The Bertz CT molecular complexity index is 1090. The Morgan fingerprint density at radius 3 is 2.35 bits per heavy atom. The Labute approximate surface area is 204 Å². The Morgan fingerprint density at radius 1 is 0.824 bits per heavy atom. The lowest BCUT2D eigenvalue weighted by Crippen LogP contribution is -2.22. The molecule has 0 atom stereocenters. The third kappa shape index (κ3) is 8.01. The zero-order valence-electron chi connectivity index (χ0n) is 19.0. The zero-order chi connectivity index (χ0) is 24.2. The highest BCUT2D eigenvalue weighted by Crippen LogP contribution is 2.26. The van der Waals surface area contributed by atoms with Crippen LogP contribution in [-0.4, -0.2) is 31.6 Å². The van der Waals surface area contributed by atoms with Gasteiger partial charge < -0.3 is 25.4 Å². The standard InChI is InChI=1S/C26H28ClN3O4/c1-2-8-25(31)29-19-13-14-21(27)23(17-19)28-18-26(32)30-22-11-6-7-12-24(22)34-16-15-33-20-9-4-3-5-10-20/h3-7,9-14,17,28H,2,8,15-16,18H2,1H3,(H,29,31)(H,30,32). The summed E-state index contributed by atoms with van der Waals surface area (Å²) in [5.41, 5.74) is 1.72. The van der Waals surface area contributed by atoms with Crippen LogP contribution in [0.1, 0.15) is 19.8 Å². The highest BCUT2D eigenvalue weighted by Gasteiger charge is 2.10. The van der Waals surface area contributed by atoms with Crippen LogP contribution in [0.4, 0.5) is 17.1 Å². The summed E-state index contributed by atoms with van der Waals surface area (Å²) >= 11 is 6.24. The van der Waals surface area contributed by atoms with E-state index in [2.05, 4.69) is 16.0 Å². The number of halogens is 1. The first-order chi connectivity index (χ1) is 16.5. The smallest absolute Gasteiger partial charge is 0.243 e. The number of rotatable bonds is 12. The molecule has 0 aliphatic heterocycles. The summed E-state index contributed by atoms with van der Waals surface area (Å²) in [6, 6.07) is 21.8. The van der Waals surface area contributed by atoms with E-state index in [4.69, 9.17) is 21.1 Å². The molecule has 0 fully saturated rings. The van der Waals surface area contributed by atoms with Gasteiger partial charge in [-0.1, -0.05) is 48.9 Å². The summed E-state index contributed by atoms with van der Waals surface area (Å²) in [5.74, 6) is 0.977. The lowest BCUT2D eigenvalue weighted by atomic mass is 10.2. The molecule has 7 nitrogen and oxygen atoms in total. The third-order valence-electron chi connectivity index (χ3n) is 4.68. The van der Waals surface area contributed by atoms with Crippen LogP contribution in [0.3, 0.4) is 0 Å². The van der Waals surface area contributed by atoms with E-state index in [1.54, 1.807) is 30.3 Å². The van der Waals surface area contributed by atoms with Crippen molar-refractivity contribution in [3.63, 3.8) is 0 Å². The molecule has 0 aliphatic carbocycles. The normalized spacial score (nSPS) is 10.3. The minimum Gasteiger partial charge on any atom is -0.490 e. The van der Waals surface area contributed by atoms with E-state index in [1.807, 2.05) is 49.4 Å². The number of para-hydroxylation sites is 3. The summed E-state index contributed by atoms with van der Waals surface area (Å²) in [6.07, 6.45) is 1.20. The van der Waals surface area contributed by atoms with Crippen LogP contribution in [0, 0.1) is 0 Å². The number of benzene rings is 3. The Hall–Kier alpha value is -3.71. The van der Waals surface area contributed by atoms with Crippen LogP contribution in [0.25, 0.3) is 0 Å². The highest BCUT2D eigenvalue weighted by molar-refractivity contribution is 6.33. The van der Waals surface area contributed by atoms with Crippen LogP contribution >= 0.6 is 11.6 Å². The second kappa shape index (κ2) is 13.1. The van der Waals surface area contributed by atoms with E-state index < -0.39 is 0 Å². The predicted molar refractivity (Wildman–Crippen MR) is 136 cm³/mol. The zero-order valence-corrected chi connectivity index (χ0v) is 19.7. The van der Waals surface area contributed by atoms with Gasteiger partial charge in [-0.05, 0) is 48.9 Å². The fraction of sp³-hybridized carbons (Fsp3) is 0.231. The quantitative estimate of drug-likeness (QED) is 0.293. The number of hydrogen-bond acceptors (Lipinski definition) is 5. The van der Waals surface area contributed by atoms with E-state index in [-0.39, 0.29) is 18.4 Å². The van der Waals surface area contributed by atoms with E-state index >= 15 is 0 Å². The first-order valence-electron chi connectivity index (χ1n) is 11.1. The number of ether oxygens (including phenoxy) is 2. The van der Waals surface area contributed by atoms with E-state index in [9.17, 15) is 9.59 Å². The van der Waals surface area contributed by atoms with Gasteiger partial charge in [-0.3, -0.25) is 9.59 Å². The summed E-state index contributed by atoms with van der Waals surface area (Å²) in [5, 5.41) is 9.12. The van der Waals surface area contributed by atoms with Crippen LogP contribution in [0.5, 0.6) is 11.5 Å². The van der Waals surface area contributed by atoms with Gasteiger partial charge in [0.1, 0.15) is 24.7 Å². The molecular weight excluding hydrogens is 454 g/mol. The maximum Gasteiger partial charge on any atom is 0.243 e.